The van der Waals surface area contributed by atoms with Gasteiger partial charge in [-0.3, -0.25) is 4.79 Å². The van der Waals surface area contributed by atoms with Crippen molar-refractivity contribution in [3.8, 4) is 5.75 Å². The molecule has 2 aromatic carbocycles. The summed E-state index contributed by atoms with van der Waals surface area (Å²) in [5, 5.41) is 0. The van der Waals surface area contributed by atoms with Gasteiger partial charge in [-0.1, -0.05) is 48.5 Å². The van der Waals surface area contributed by atoms with Gasteiger partial charge in [-0.25, -0.2) is 0 Å². The molecule has 0 spiro atoms. The highest BCUT2D eigenvalue weighted by Crippen LogP contribution is 2.14. The van der Waals surface area contributed by atoms with Crippen molar-refractivity contribution >= 4 is 5.78 Å². The summed E-state index contributed by atoms with van der Waals surface area (Å²) in [6.45, 7) is 1.57. The summed E-state index contributed by atoms with van der Waals surface area (Å²) in [7, 11) is 0. The summed E-state index contributed by atoms with van der Waals surface area (Å²) in [5.41, 5.74) is 1.11. The first kappa shape index (κ1) is 12.4. The van der Waals surface area contributed by atoms with Gasteiger partial charge in [0.1, 0.15) is 5.75 Å². The molecule has 92 valence electrons. The smallest absolute Gasteiger partial charge is 0.170 e. The molecule has 0 aliphatic carbocycles. The van der Waals surface area contributed by atoms with Crippen LogP contribution in [0.25, 0.3) is 0 Å². The first-order valence-electron chi connectivity index (χ1n) is 6.02. The third kappa shape index (κ3) is 3.45. The molecule has 0 bridgehead atoms. The van der Waals surface area contributed by atoms with Crippen LogP contribution in [0, 0.1) is 0 Å². The van der Waals surface area contributed by atoms with Gasteiger partial charge in [0.25, 0.3) is 0 Å². The molecule has 1 atom stereocenters. The third-order valence-corrected chi connectivity index (χ3v) is 2.74. The molecule has 0 aliphatic rings. The van der Waals surface area contributed by atoms with Gasteiger partial charge in [-0.2, -0.15) is 0 Å². The SMILES string of the molecule is CC(=O)C(Cc1ccccc1)Oc1ccccc1. The zero-order chi connectivity index (χ0) is 12.8. The lowest BCUT2D eigenvalue weighted by molar-refractivity contribution is -0.123. The number of carbonyl (C=O) groups is 1. The predicted molar refractivity (Wildman–Crippen MR) is 71.7 cm³/mol. The van der Waals surface area contributed by atoms with Crippen molar-refractivity contribution in [2.24, 2.45) is 0 Å². The minimum Gasteiger partial charge on any atom is -0.482 e. The summed E-state index contributed by atoms with van der Waals surface area (Å²) in [6, 6.07) is 19.3. The van der Waals surface area contributed by atoms with Crippen molar-refractivity contribution in [1.29, 1.82) is 0 Å². The fourth-order valence-electron chi connectivity index (χ4n) is 1.76. The molecule has 0 radical (unpaired) electrons. The molecule has 1 unspecified atom stereocenters. The number of ketones is 1. The van der Waals surface area contributed by atoms with Crippen LogP contribution >= 0.6 is 0 Å². The lowest BCUT2D eigenvalue weighted by Crippen LogP contribution is -2.27. The van der Waals surface area contributed by atoms with Gasteiger partial charge < -0.3 is 4.74 Å². The normalized spacial score (nSPS) is 11.8. The predicted octanol–water partition coefficient (Wildman–Crippen LogP) is 3.27. The van der Waals surface area contributed by atoms with Crippen LogP contribution in [0.2, 0.25) is 0 Å². The van der Waals surface area contributed by atoms with Crippen LogP contribution in [0.4, 0.5) is 0 Å². The number of Topliss-reactive ketones (excluding diaryl/α,β-unsaturated/α-hetero) is 1. The van der Waals surface area contributed by atoms with Crippen molar-refractivity contribution in [1.82, 2.24) is 0 Å². The topological polar surface area (TPSA) is 26.3 Å². The van der Waals surface area contributed by atoms with Crippen LogP contribution in [-0.2, 0) is 11.2 Å². The quantitative estimate of drug-likeness (QED) is 0.801. The molecule has 0 saturated heterocycles. The fourth-order valence-corrected chi connectivity index (χ4v) is 1.76. The largest absolute Gasteiger partial charge is 0.482 e. The molecule has 0 N–H and O–H groups in total. The van der Waals surface area contributed by atoms with Gasteiger partial charge in [0.05, 0.1) is 0 Å². The monoisotopic (exact) mass is 240 g/mol. The van der Waals surface area contributed by atoms with Crippen LogP contribution in [-0.4, -0.2) is 11.9 Å². The Balaban J connectivity index is 2.08. The average molecular weight is 240 g/mol. The number of ether oxygens (including phenoxy) is 1. The summed E-state index contributed by atoms with van der Waals surface area (Å²) in [5.74, 6) is 0.774. The number of carbonyl (C=O) groups excluding carboxylic acids is 1. The highest BCUT2D eigenvalue weighted by atomic mass is 16.5. The van der Waals surface area contributed by atoms with Gasteiger partial charge in [-0.05, 0) is 24.6 Å². The van der Waals surface area contributed by atoms with Crippen molar-refractivity contribution in [3.05, 3.63) is 66.2 Å². The van der Waals surface area contributed by atoms with Gasteiger partial charge >= 0.3 is 0 Å². The molecular weight excluding hydrogens is 224 g/mol. The zero-order valence-electron chi connectivity index (χ0n) is 10.4. The molecule has 2 rings (SSSR count). The van der Waals surface area contributed by atoms with E-state index in [1.165, 1.54) is 0 Å². The van der Waals surface area contributed by atoms with Crippen molar-refractivity contribution in [2.45, 2.75) is 19.4 Å². The van der Waals surface area contributed by atoms with Gasteiger partial charge in [0, 0.05) is 6.42 Å². The maximum Gasteiger partial charge on any atom is 0.170 e. The van der Waals surface area contributed by atoms with Crippen LogP contribution in [0.15, 0.2) is 60.7 Å². The van der Waals surface area contributed by atoms with E-state index in [1.54, 1.807) is 6.92 Å². The van der Waals surface area contributed by atoms with Gasteiger partial charge in [-0.15, -0.1) is 0 Å². The molecule has 0 amide bonds. The highest BCUT2D eigenvalue weighted by Gasteiger charge is 2.16. The lowest BCUT2D eigenvalue weighted by Gasteiger charge is -2.16. The summed E-state index contributed by atoms with van der Waals surface area (Å²) in [6.07, 6.45) is 0.181. The second-order valence-electron chi connectivity index (χ2n) is 4.22. The number of para-hydroxylation sites is 1. The Labute approximate surface area is 107 Å². The third-order valence-electron chi connectivity index (χ3n) is 2.74. The molecular formula is C16H16O2. The molecule has 18 heavy (non-hydrogen) atoms. The van der Waals surface area contributed by atoms with Crippen LogP contribution in [0.3, 0.4) is 0 Å². The van der Waals surface area contributed by atoms with E-state index >= 15 is 0 Å². The number of hydrogen-bond acceptors (Lipinski definition) is 2. The Bertz CT molecular complexity index is 450. The van der Waals surface area contributed by atoms with E-state index in [0.29, 0.717) is 6.42 Å². The second-order valence-corrected chi connectivity index (χ2v) is 4.22. The number of hydrogen-bond donors (Lipinski definition) is 0. The lowest BCUT2D eigenvalue weighted by atomic mass is 10.1. The molecule has 2 nitrogen and oxygen atoms in total. The van der Waals surface area contributed by atoms with E-state index < -0.39 is 6.10 Å². The van der Waals surface area contributed by atoms with E-state index in [9.17, 15) is 4.79 Å². The highest BCUT2D eigenvalue weighted by molar-refractivity contribution is 5.81. The first-order valence-corrected chi connectivity index (χ1v) is 6.02. The first-order chi connectivity index (χ1) is 8.75. The Morgan fingerprint density at radius 3 is 2.11 bits per heavy atom. The molecule has 0 aliphatic heterocycles. The molecule has 2 heteroatoms. The maximum absolute atomic E-state index is 11.6. The summed E-state index contributed by atoms with van der Waals surface area (Å²) in [4.78, 5) is 11.6. The van der Waals surface area contributed by atoms with Crippen molar-refractivity contribution in [3.63, 3.8) is 0 Å². The molecule has 2 aromatic rings. The minimum absolute atomic E-state index is 0.0442. The Kier molecular flexibility index (Phi) is 4.13. The Hall–Kier alpha value is -2.09. The van der Waals surface area contributed by atoms with E-state index in [4.69, 9.17) is 4.74 Å². The van der Waals surface area contributed by atoms with Crippen LogP contribution < -0.4 is 4.74 Å². The standard InChI is InChI=1S/C16H16O2/c1-13(17)16(12-14-8-4-2-5-9-14)18-15-10-6-3-7-11-15/h2-11,16H,12H2,1H3. The zero-order valence-corrected chi connectivity index (χ0v) is 10.4. The number of rotatable bonds is 5. The average Bonchev–Trinajstić information content (AvgIpc) is 2.40. The summed E-state index contributed by atoms with van der Waals surface area (Å²) < 4.78 is 5.73. The Morgan fingerprint density at radius 1 is 1.00 bits per heavy atom. The van der Waals surface area contributed by atoms with E-state index in [2.05, 4.69) is 0 Å². The molecule has 0 saturated carbocycles. The van der Waals surface area contributed by atoms with Crippen molar-refractivity contribution < 1.29 is 9.53 Å². The van der Waals surface area contributed by atoms with Crippen LogP contribution in [0.5, 0.6) is 5.75 Å². The van der Waals surface area contributed by atoms with E-state index in [1.807, 2.05) is 60.7 Å². The Morgan fingerprint density at radius 2 is 1.56 bits per heavy atom. The second kappa shape index (κ2) is 6.01. The van der Waals surface area contributed by atoms with Gasteiger partial charge in [0.15, 0.2) is 11.9 Å². The van der Waals surface area contributed by atoms with E-state index in [0.717, 1.165) is 11.3 Å². The number of benzene rings is 2. The van der Waals surface area contributed by atoms with Crippen molar-refractivity contribution in [2.75, 3.05) is 0 Å². The minimum atomic E-state index is -0.421. The molecule has 0 aromatic heterocycles. The maximum atomic E-state index is 11.6. The van der Waals surface area contributed by atoms with Gasteiger partial charge in [0.2, 0.25) is 0 Å². The molecule has 0 heterocycles. The summed E-state index contributed by atoms with van der Waals surface area (Å²) >= 11 is 0. The molecule has 0 fully saturated rings. The van der Waals surface area contributed by atoms with Crippen LogP contribution in [0.1, 0.15) is 12.5 Å². The fraction of sp³-hybridized carbons (Fsp3) is 0.188. The van der Waals surface area contributed by atoms with E-state index in [-0.39, 0.29) is 5.78 Å².